The number of halogens is 2. The van der Waals surface area contributed by atoms with Gasteiger partial charge in [-0.2, -0.15) is 3.84 Å². The molecule has 0 aliphatic rings. The molecule has 0 bridgehead atoms. The zero-order valence-electron chi connectivity index (χ0n) is 1.57. The predicted molar refractivity (Wildman–Crippen MR) is 12.8 cm³/mol. The second-order valence-electron chi connectivity index (χ2n) is 0.0583. The van der Waals surface area contributed by atoms with Crippen molar-refractivity contribution in [1.29, 1.82) is 0 Å². The number of hydrogen-bond donors (Lipinski definition) is 0. The fourth-order valence-electron chi connectivity index (χ4n) is 0. The summed E-state index contributed by atoms with van der Waals surface area (Å²) in [5.41, 5.74) is 0. The van der Waals surface area contributed by atoms with E-state index in [0.29, 0.717) is 0 Å². The van der Waals surface area contributed by atoms with Gasteiger partial charge < -0.3 is 0 Å². The molecule has 0 atom stereocenters. The first-order chi connectivity index (χ1) is 1.41. The Morgan fingerprint density at radius 2 is 1.25 bits per heavy atom. The van der Waals surface area contributed by atoms with Crippen LogP contribution in [0.3, 0.4) is 0 Å². The van der Waals surface area contributed by atoms with Crippen LogP contribution in [0.1, 0.15) is 0 Å². The molecule has 0 aromatic carbocycles. The van der Waals surface area contributed by atoms with Crippen molar-refractivity contribution in [3.63, 3.8) is 0 Å². The average Bonchev–Trinajstić information content (AvgIpc) is 0.918. The minimum atomic E-state index is 0. The van der Waals surface area contributed by atoms with E-state index in [4.69, 9.17) is 0 Å². The van der Waals surface area contributed by atoms with Crippen molar-refractivity contribution in [2.24, 2.45) is 0 Å². The molecule has 0 heterocycles. The monoisotopic (exact) mass is 270 g/mol. The SMILES string of the molecule is ClOCl.[W+2]. The van der Waals surface area contributed by atoms with E-state index >= 15 is 0 Å². The van der Waals surface area contributed by atoms with Gasteiger partial charge in [0.1, 0.15) is 0 Å². The van der Waals surface area contributed by atoms with Crippen LogP contribution in [0.5, 0.6) is 0 Å². The average molecular weight is 271 g/mol. The molecule has 0 aromatic rings. The molecule has 0 fully saturated rings. The maximum Gasteiger partial charge on any atom is 2.00 e. The van der Waals surface area contributed by atoms with E-state index in [0.717, 1.165) is 0 Å². The first kappa shape index (κ1) is 8.97. The van der Waals surface area contributed by atoms with E-state index in [-0.39, 0.29) is 21.1 Å². The fraction of sp³-hybridized carbons (Fsp3) is 0. The third kappa shape index (κ3) is 10.6. The van der Waals surface area contributed by atoms with Crippen LogP contribution in [0, 0.1) is 0 Å². The van der Waals surface area contributed by atoms with Gasteiger partial charge in [-0.3, -0.25) is 0 Å². The molecule has 0 aliphatic carbocycles. The van der Waals surface area contributed by atoms with Gasteiger partial charge in [-0.05, 0) is 0 Å². The summed E-state index contributed by atoms with van der Waals surface area (Å²) in [5.74, 6) is 0. The van der Waals surface area contributed by atoms with Crippen LogP contribution < -0.4 is 0 Å². The number of hydrogen-bond acceptors (Lipinski definition) is 1. The van der Waals surface area contributed by atoms with Crippen LogP contribution in [0.15, 0.2) is 0 Å². The van der Waals surface area contributed by atoms with Crippen LogP contribution in [0.25, 0.3) is 0 Å². The van der Waals surface area contributed by atoms with Crippen LogP contribution >= 0.6 is 23.7 Å². The van der Waals surface area contributed by atoms with Crippen molar-refractivity contribution in [2.75, 3.05) is 0 Å². The molecule has 0 unspecified atom stereocenters. The summed E-state index contributed by atoms with van der Waals surface area (Å²) in [7, 11) is 0. The minimum Gasteiger partial charge on any atom is -0.166 e. The van der Waals surface area contributed by atoms with E-state index in [1.165, 1.54) is 0 Å². The molecule has 0 aliphatic heterocycles. The molecule has 0 saturated carbocycles. The Labute approximate surface area is 48.8 Å². The second kappa shape index (κ2) is 8.87. The molecule has 0 N–H and O–H groups in total. The van der Waals surface area contributed by atoms with Gasteiger partial charge in [-0.15, -0.1) is 0 Å². The second-order valence-corrected chi connectivity index (χ2v) is 0.525. The van der Waals surface area contributed by atoms with E-state index < -0.39 is 0 Å². The molecule has 0 amide bonds. The smallest absolute Gasteiger partial charge is 0.166 e. The Morgan fingerprint density at radius 1 is 1.25 bits per heavy atom. The van der Waals surface area contributed by atoms with Crippen molar-refractivity contribution in [3.8, 4) is 0 Å². The first-order valence-corrected chi connectivity index (χ1v) is 0.926. The van der Waals surface area contributed by atoms with Crippen molar-refractivity contribution in [2.45, 2.75) is 0 Å². The zero-order chi connectivity index (χ0) is 2.71. The summed E-state index contributed by atoms with van der Waals surface area (Å²) in [6.07, 6.45) is 0. The van der Waals surface area contributed by atoms with E-state index in [2.05, 4.69) is 27.6 Å². The van der Waals surface area contributed by atoms with Crippen molar-refractivity contribution >= 4 is 23.7 Å². The normalized spacial score (nSPS) is 4.50. The van der Waals surface area contributed by atoms with E-state index in [1.807, 2.05) is 0 Å². The standard InChI is InChI=1S/Cl2O.W/c1-3-2;/q;+2. The quantitative estimate of drug-likeness (QED) is 0.645. The third-order valence-corrected chi connectivity index (χ3v) is 0. The zero-order valence-corrected chi connectivity index (χ0v) is 6.02. The summed E-state index contributed by atoms with van der Waals surface area (Å²) in [4.78, 5) is 0. The van der Waals surface area contributed by atoms with Crippen molar-refractivity contribution in [3.05, 3.63) is 0 Å². The van der Waals surface area contributed by atoms with Gasteiger partial charge in [-0.25, -0.2) is 0 Å². The maximum atomic E-state index is 4.26. The Bertz CT molecular complexity index is 6.00. The maximum absolute atomic E-state index is 4.26. The third-order valence-electron chi connectivity index (χ3n) is 0. The van der Waals surface area contributed by atoms with Gasteiger partial charge in [0.05, 0.1) is 23.7 Å². The summed E-state index contributed by atoms with van der Waals surface area (Å²) in [6.45, 7) is 0. The van der Waals surface area contributed by atoms with Crippen molar-refractivity contribution in [1.82, 2.24) is 0 Å². The van der Waals surface area contributed by atoms with Crippen LogP contribution in [-0.2, 0) is 24.9 Å². The Morgan fingerprint density at radius 3 is 1.25 bits per heavy atom. The largest absolute Gasteiger partial charge is 2.00 e. The van der Waals surface area contributed by atoms with Crippen LogP contribution in [-0.4, -0.2) is 0 Å². The molecule has 0 aromatic heterocycles. The topological polar surface area (TPSA) is 9.23 Å². The van der Waals surface area contributed by atoms with E-state index in [1.54, 1.807) is 0 Å². The Hall–Kier alpha value is 1.23. The molecule has 4 heteroatoms. The molecule has 24 valence electrons. The van der Waals surface area contributed by atoms with Crippen molar-refractivity contribution < 1.29 is 24.9 Å². The van der Waals surface area contributed by atoms with Gasteiger partial charge in [-0.1, -0.05) is 0 Å². The molecule has 4 heavy (non-hydrogen) atoms. The molecule has 0 rings (SSSR count). The molecule has 0 spiro atoms. The molecule has 1 nitrogen and oxygen atoms in total. The summed E-state index contributed by atoms with van der Waals surface area (Å²) in [6, 6.07) is 0. The fourth-order valence-corrected chi connectivity index (χ4v) is 0. The first-order valence-electron chi connectivity index (χ1n) is 0.309. The Balaban J connectivity index is 0. The van der Waals surface area contributed by atoms with Gasteiger partial charge in [0, 0.05) is 0 Å². The van der Waals surface area contributed by atoms with E-state index in [9.17, 15) is 0 Å². The number of rotatable bonds is 0. The molecule has 0 saturated heterocycles. The summed E-state index contributed by atoms with van der Waals surface area (Å²) >= 11 is 8.53. The summed E-state index contributed by atoms with van der Waals surface area (Å²) in [5, 5.41) is 0. The van der Waals surface area contributed by atoms with Gasteiger partial charge >= 0.3 is 21.1 Å². The molecular weight excluding hydrogens is 271 g/mol. The Kier molecular flexibility index (Phi) is 19.9. The summed E-state index contributed by atoms with van der Waals surface area (Å²) < 4.78 is 3.19. The van der Waals surface area contributed by atoms with Gasteiger partial charge in [0.25, 0.3) is 0 Å². The minimum absolute atomic E-state index is 0. The predicted octanol–water partition coefficient (Wildman–Crippen LogP) is 1.31. The van der Waals surface area contributed by atoms with Gasteiger partial charge in [0.15, 0.2) is 0 Å². The van der Waals surface area contributed by atoms with Crippen LogP contribution in [0.4, 0.5) is 0 Å². The molecule has 0 radical (unpaired) electrons. The van der Waals surface area contributed by atoms with Crippen LogP contribution in [0.2, 0.25) is 0 Å². The molecular formula is Cl2OW+2. The van der Waals surface area contributed by atoms with Gasteiger partial charge in [0.2, 0.25) is 0 Å².